The molecule has 4 rings (SSSR count). The number of fused-ring (bicyclic) bond motifs is 3. The van der Waals surface area contributed by atoms with Crippen LogP contribution in [0, 0.1) is 0 Å². The first kappa shape index (κ1) is 22.3. The average molecular weight is 454 g/mol. The van der Waals surface area contributed by atoms with Gasteiger partial charge in [-0.15, -0.1) is 13.2 Å². The van der Waals surface area contributed by atoms with Crippen LogP contribution in [0.3, 0.4) is 0 Å². The molecule has 3 aromatic rings. The van der Waals surface area contributed by atoms with E-state index in [1.54, 1.807) is 12.2 Å². The second-order valence-corrected chi connectivity index (χ2v) is 7.45. The molecule has 0 saturated heterocycles. The van der Waals surface area contributed by atoms with Crippen LogP contribution in [-0.2, 0) is 4.74 Å². The van der Waals surface area contributed by atoms with Gasteiger partial charge in [0.1, 0.15) is 12.4 Å². The predicted molar refractivity (Wildman–Crippen MR) is 120 cm³/mol. The zero-order valence-corrected chi connectivity index (χ0v) is 17.4. The van der Waals surface area contributed by atoms with Crippen LogP contribution in [0.2, 0.25) is 0 Å². The molecule has 0 saturated carbocycles. The van der Waals surface area contributed by atoms with Crippen molar-refractivity contribution in [1.82, 2.24) is 5.32 Å². The van der Waals surface area contributed by atoms with Crippen molar-refractivity contribution in [2.45, 2.75) is 12.3 Å². The number of carbonyl (C=O) groups excluding carboxylic acids is 1. The monoisotopic (exact) mass is 454 g/mol. The molecule has 0 fully saturated rings. The van der Waals surface area contributed by atoms with Crippen LogP contribution in [0.25, 0.3) is 17.2 Å². The van der Waals surface area contributed by atoms with E-state index in [0.29, 0.717) is 5.56 Å². The van der Waals surface area contributed by atoms with Gasteiger partial charge in [-0.25, -0.2) is 4.79 Å². The first-order chi connectivity index (χ1) is 15.8. The Balaban J connectivity index is 1.30. The van der Waals surface area contributed by atoms with Gasteiger partial charge in [-0.05, 0) is 39.9 Å². The van der Waals surface area contributed by atoms with Gasteiger partial charge in [0.2, 0.25) is 0 Å². The molecule has 0 spiro atoms. The molecule has 0 bridgehead atoms. The molecule has 0 aliphatic heterocycles. The average Bonchev–Trinajstić information content (AvgIpc) is 3.09. The van der Waals surface area contributed by atoms with E-state index in [1.807, 2.05) is 36.4 Å². The molecular formula is C25H21F3N2O3. The van der Waals surface area contributed by atoms with Crippen molar-refractivity contribution in [1.29, 1.82) is 0 Å². The number of alkyl carbamates (subject to hydrolysis) is 1. The Kier molecular flexibility index (Phi) is 6.26. The van der Waals surface area contributed by atoms with Gasteiger partial charge in [0.25, 0.3) is 0 Å². The number of hydrogen-bond donors (Lipinski definition) is 2. The van der Waals surface area contributed by atoms with Crippen LogP contribution in [0.15, 0.2) is 72.8 Å². The van der Waals surface area contributed by atoms with Gasteiger partial charge in [0.05, 0.1) is 0 Å². The molecule has 8 heteroatoms. The number of alkyl halides is 3. The molecule has 0 atom stereocenters. The lowest BCUT2D eigenvalue weighted by Crippen LogP contribution is -2.26. The van der Waals surface area contributed by atoms with E-state index in [4.69, 9.17) is 10.5 Å². The van der Waals surface area contributed by atoms with E-state index in [9.17, 15) is 18.0 Å². The minimum absolute atomic E-state index is 0.0316. The van der Waals surface area contributed by atoms with Crippen LogP contribution in [-0.4, -0.2) is 25.6 Å². The summed E-state index contributed by atoms with van der Waals surface area (Å²) >= 11 is 0. The summed E-state index contributed by atoms with van der Waals surface area (Å²) in [5.41, 5.74) is 10.9. The number of halogens is 3. The minimum atomic E-state index is -4.78. The fourth-order valence-electron chi connectivity index (χ4n) is 3.88. The van der Waals surface area contributed by atoms with Crippen molar-refractivity contribution >= 4 is 17.9 Å². The zero-order valence-electron chi connectivity index (χ0n) is 17.4. The van der Waals surface area contributed by atoms with Gasteiger partial charge in [-0.1, -0.05) is 60.7 Å². The smallest absolute Gasteiger partial charge is 0.449 e. The molecule has 0 heterocycles. The molecule has 3 N–H and O–H groups in total. The lowest BCUT2D eigenvalue weighted by molar-refractivity contribution is -0.274. The highest BCUT2D eigenvalue weighted by Crippen LogP contribution is 2.44. The van der Waals surface area contributed by atoms with Crippen molar-refractivity contribution in [2.75, 3.05) is 18.9 Å². The highest BCUT2D eigenvalue weighted by molar-refractivity contribution is 5.79. The maximum Gasteiger partial charge on any atom is 0.573 e. The summed E-state index contributed by atoms with van der Waals surface area (Å²) in [4.78, 5) is 12.2. The molecule has 3 aromatic carbocycles. The van der Waals surface area contributed by atoms with Gasteiger partial charge in [-0.2, -0.15) is 0 Å². The van der Waals surface area contributed by atoms with Crippen molar-refractivity contribution in [3.63, 3.8) is 0 Å². The number of rotatable bonds is 6. The van der Waals surface area contributed by atoms with E-state index in [1.165, 1.54) is 12.1 Å². The normalized spacial score (nSPS) is 12.9. The van der Waals surface area contributed by atoms with Crippen LogP contribution >= 0.6 is 0 Å². The van der Waals surface area contributed by atoms with Gasteiger partial charge in [0.15, 0.2) is 0 Å². The Morgan fingerprint density at radius 3 is 2.24 bits per heavy atom. The number of benzene rings is 3. The Morgan fingerprint density at radius 1 is 1.00 bits per heavy atom. The highest BCUT2D eigenvalue weighted by atomic mass is 19.4. The number of anilines is 1. The maximum atomic E-state index is 12.3. The molecule has 0 aromatic heterocycles. The van der Waals surface area contributed by atoms with Gasteiger partial charge >= 0.3 is 12.5 Å². The Morgan fingerprint density at radius 2 is 1.64 bits per heavy atom. The molecule has 1 aliphatic rings. The molecular weight excluding hydrogens is 433 g/mol. The SMILES string of the molecule is Nc1cc(OC(F)(F)F)ccc1C=CCNC(=O)OCC1c2ccccc2-c2ccccc21. The Bertz CT molecular complexity index is 1150. The third-order valence-electron chi connectivity index (χ3n) is 5.30. The number of amides is 1. The quantitative estimate of drug-likeness (QED) is 0.468. The topological polar surface area (TPSA) is 73.6 Å². The first-order valence-electron chi connectivity index (χ1n) is 10.2. The molecule has 1 aliphatic carbocycles. The summed E-state index contributed by atoms with van der Waals surface area (Å²) < 4.78 is 46.1. The molecule has 0 radical (unpaired) electrons. The summed E-state index contributed by atoms with van der Waals surface area (Å²) in [6, 6.07) is 19.8. The summed E-state index contributed by atoms with van der Waals surface area (Å²) in [5.74, 6) is -0.426. The fourth-order valence-corrected chi connectivity index (χ4v) is 3.88. The second-order valence-electron chi connectivity index (χ2n) is 7.45. The number of carbonyl (C=O) groups is 1. The Labute approximate surface area is 188 Å². The van der Waals surface area contributed by atoms with Crippen LogP contribution in [0.4, 0.5) is 23.7 Å². The van der Waals surface area contributed by atoms with E-state index in [-0.39, 0.29) is 24.8 Å². The molecule has 1 amide bonds. The van der Waals surface area contributed by atoms with E-state index >= 15 is 0 Å². The Hall–Kier alpha value is -3.94. The third-order valence-corrected chi connectivity index (χ3v) is 5.30. The summed E-state index contributed by atoms with van der Waals surface area (Å²) in [6.45, 7) is 0.369. The van der Waals surface area contributed by atoms with Crippen molar-refractivity contribution in [2.24, 2.45) is 0 Å². The second kappa shape index (κ2) is 9.28. The summed E-state index contributed by atoms with van der Waals surface area (Å²) in [7, 11) is 0. The van der Waals surface area contributed by atoms with Gasteiger partial charge in [0, 0.05) is 24.2 Å². The maximum absolute atomic E-state index is 12.3. The standard InChI is InChI=1S/C25H21F3N2O3/c26-25(27,28)33-17-12-11-16(23(29)14-17)6-5-13-30-24(31)32-15-22-20-9-3-1-7-18(20)19-8-2-4-10-21(19)22/h1-12,14,22H,13,15,29H2,(H,30,31). The summed E-state index contributed by atoms with van der Waals surface area (Å²) in [6.07, 6.45) is -2.13. The molecule has 33 heavy (non-hydrogen) atoms. The van der Waals surface area contributed by atoms with Gasteiger partial charge < -0.3 is 20.5 Å². The number of nitrogen functional groups attached to an aromatic ring is 1. The largest absolute Gasteiger partial charge is 0.573 e. The van der Waals surface area contributed by atoms with Crippen molar-refractivity contribution < 1.29 is 27.4 Å². The molecule has 0 unspecified atom stereocenters. The van der Waals surface area contributed by atoms with Crippen molar-refractivity contribution in [3.05, 3.63) is 89.5 Å². The first-order valence-corrected chi connectivity index (χ1v) is 10.2. The number of hydrogen-bond acceptors (Lipinski definition) is 4. The molecule has 170 valence electrons. The van der Waals surface area contributed by atoms with Crippen LogP contribution in [0.5, 0.6) is 5.75 Å². The zero-order chi connectivity index (χ0) is 23.4. The lowest BCUT2D eigenvalue weighted by Gasteiger charge is -2.14. The number of nitrogens with two attached hydrogens (primary N) is 1. The van der Waals surface area contributed by atoms with Crippen molar-refractivity contribution in [3.8, 4) is 16.9 Å². The predicted octanol–water partition coefficient (Wildman–Crippen LogP) is 5.72. The highest BCUT2D eigenvalue weighted by Gasteiger charge is 2.31. The summed E-state index contributed by atoms with van der Waals surface area (Å²) in [5, 5.41) is 2.62. The van der Waals surface area contributed by atoms with E-state index < -0.39 is 18.2 Å². The number of nitrogens with one attached hydrogen (secondary N) is 1. The van der Waals surface area contributed by atoms with Crippen LogP contribution in [0.1, 0.15) is 22.6 Å². The minimum Gasteiger partial charge on any atom is -0.449 e. The van der Waals surface area contributed by atoms with E-state index in [0.717, 1.165) is 28.3 Å². The van der Waals surface area contributed by atoms with Crippen LogP contribution < -0.4 is 15.8 Å². The fraction of sp³-hybridized carbons (Fsp3) is 0.160. The van der Waals surface area contributed by atoms with E-state index in [2.05, 4.69) is 22.2 Å². The molecule has 5 nitrogen and oxygen atoms in total. The lowest BCUT2D eigenvalue weighted by atomic mass is 9.98. The number of ether oxygens (including phenoxy) is 2. The van der Waals surface area contributed by atoms with Gasteiger partial charge in [-0.3, -0.25) is 0 Å². The third kappa shape index (κ3) is 5.28.